The van der Waals surface area contributed by atoms with Crippen LogP contribution in [0.3, 0.4) is 0 Å². The average Bonchev–Trinajstić information content (AvgIpc) is 2.41. The topological polar surface area (TPSA) is 55.2 Å². The van der Waals surface area contributed by atoms with E-state index in [9.17, 15) is 14.5 Å². The first-order valence-corrected chi connectivity index (χ1v) is 6.34. The fourth-order valence-corrected chi connectivity index (χ4v) is 1.95. The van der Waals surface area contributed by atoms with Gasteiger partial charge in [-0.1, -0.05) is 35.3 Å². The molecule has 0 aliphatic heterocycles. The fourth-order valence-electron chi connectivity index (χ4n) is 1.63. The highest BCUT2D eigenvalue weighted by Crippen LogP contribution is 2.34. The van der Waals surface area contributed by atoms with Crippen molar-refractivity contribution in [2.45, 2.75) is 6.54 Å². The molecule has 0 atom stereocenters. The molecule has 0 aliphatic rings. The van der Waals surface area contributed by atoms with Gasteiger partial charge in [0.15, 0.2) is 0 Å². The number of rotatable bonds is 4. The van der Waals surface area contributed by atoms with Gasteiger partial charge in [-0.05, 0) is 23.8 Å². The molecular weight excluding hydrogens is 306 g/mol. The fraction of sp³-hybridized carbons (Fsp3) is 0.0769. The number of nitrogens with zero attached hydrogens (tertiary/aromatic N) is 1. The van der Waals surface area contributed by atoms with Crippen LogP contribution in [0, 0.1) is 15.9 Å². The molecule has 0 spiro atoms. The Kier molecular flexibility index (Phi) is 4.42. The van der Waals surface area contributed by atoms with E-state index in [1.54, 1.807) is 12.1 Å². The number of hydrogen-bond donors (Lipinski definition) is 1. The summed E-state index contributed by atoms with van der Waals surface area (Å²) in [6.07, 6.45) is 0. The lowest BCUT2D eigenvalue weighted by Crippen LogP contribution is -2.03. The number of hydrogen-bond acceptors (Lipinski definition) is 3. The largest absolute Gasteiger partial charge is 0.375 e. The van der Waals surface area contributed by atoms with Crippen molar-refractivity contribution in [2.24, 2.45) is 0 Å². The third-order valence-electron chi connectivity index (χ3n) is 2.63. The van der Waals surface area contributed by atoms with Crippen molar-refractivity contribution < 1.29 is 9.31 Å². The van der Waals surface area contributed by atoms with Crippen LogP contribution in [0.2, 0.25) is 10.0 Å². The summed E-state index contributed by atoms with van der Waals surface area (Å²) >= 11 is 11.6. The van der Waals surface area contributed by atoms with Crippen LogP contribution < -0.4 is 5.32 Å². The first kappa shape index (κ1) is 14.6. The minimum absolute atomic E-state index is 0.116. The minimum Gasteiger partial charge on any atom is -0.375 e. The number of nitro groups is 1. The van der Waals surface area contributed by atoms with Crippen LogP contribution in [0.5, 0.6) is 0 Å². The molecule has 0 saturated heterocycles. The van der Waals surface area contributed by atoms with Gasteiger partial charge >= 0.3 is 0 Å². The molecule has 0 aliphatic carbocycles. The summed E-state index contributed by atoms with van der Waals surface area (Å²) in [6.45, 7) is 0.305. The first-order chi connectivity index (χ1) is 9.47. The van der Waals surface area contributed by atoms with E-state index in [1.807, 2.05) is 0 Å². The number of anilines is 1. The quantitative estimate of drug-likeness (QED) is 0.660. The molecule has 2 aromatic carbocycles. The van der Waals surface area contributed by atoms with E-state index in [4.69, 9.17) is 23.2 Å². The Morgan fingerprint density at radius 1 is 1.15 bits per heavy atom. The Bertz CT molecular complexity index is 648. The average molecular weight is 315 g/mol. The van der Waals surface area contributed by atoms with E-state index in [0.717, 1.165) is 5.56 Å². The Morgan fingerprint density at radius 2 is 1.75 bits per heavy atom. The van der Waals surface area contributed by atoms with Crippen molar-refractivity contribution in [3.05, 3.63) is 67.9 Å². The summed E-state index contributed by atoms with van der Waals surface area (Å²) < 4.78 is 12.8. The van der Waals surface area contributed by atoms with E-state index in [1.165, 1.54) is 24.3 Å². The maximum absolute atomic E-state index is 12.8. The maximum Gasteiger partial charge on any atom is 0.293 e. The van der Waals surface area contributed by atoms with Crippen LogP contribution in [-0.2, 0) is 6.54 Å². The molecule has 0 radical (unpaired) electrons. The van der Waals surface area contributed by atoms with Gasteiger partial charge in [0, 0.05) is 12.6 Å². The molecule has 0 amide bonds. The molecule has 0 fully saturated rings. The highest BCUT2D eigenvalue weighted by Gasteiger charge is 2.16. The molecular formula is C13H9Cl2FN2O2. The molecule has 104 valence electrons. The molecule has 0 bridgehead atoms. The molecule has 2 rings (SSSR count). The van der Waals surface area contributed by atoms with Crippen molar-refractivity contribution in [1.29, 1.82) is 0 Å². The van der Waals surface area contributed by atoms with Crippen molar-refractivity contribution in [1.82, 2.24) is 0 Å². The molecule has 0 heterocycles. The number of nitro benzene ring substituents is 1. The van der Waals surface area contributed by atoms with Gasteiger partial charge in [-0.25, -0.2) is 4.39 Å². The van der Waals surface area contributed by atoms with E-state index in [2.05, 4.69) is 5.32 Å². The van der Waals surface area contributed by atoms with Gasteiger partial charge in [-0.2, -0.15) is 0 Å². The van der Waals surface area contributed by atoms with Gasteiger partial charge in [0.05, 0.1) is 15.0 Å². The van der Waals surface area contributed by atoms with Gasteiger partial charge in [-0.3, -0.25) is 10.1 Å². The molecule has 0 unspecified atom stereocenters. The zero-order chi connectivity index (χ0) is 14.7. The summed E-state index contributed by atoms with van der Waals surface area (Å²) in [5.74, 6) is -0.339. The normalized spacial score (nSPS) is 10.3. The lowest BCUT2D eigenvalue weighted by atomic mass is 10.2. The third kappa shape index (κ3) is 3.37. The summed E-state index contributed by atoms with van der Waals surface area (Å²) in [5, 5.41) is 14.2. The second-order valence-electron chi connectivity index (χ2n) is 4.02. The van der Waals surface area contributed by atoms with E-state index in [0.29, 0.717) is 6.54 Å². The van der Waals surface area contributed by atoms with Crippen LogP contribution in [0.25, 0.3) is 0 Å². The van der Waals surface area contributed by atoms with Crippen molar-refractivity contribution >= 4 is 34.6 Å². The Balaban J connectivity index is 2.22. The smallest absolute Gasteiger partial charge is 0.293 e. The summed E-state index contributed by atoms with van der Waals surface area (Å²) in [6, 6.07) is 8.40. The Labute approximate surface area is 124 Å². The van der Waals surface area contributed by atoms with Crippen molar-refractivity contribution in [3.8, 4) is 0 Å². The van der Waals surface area contributed by atoms with Gasteiger partial charge < -0.3 is 5.32 Å². The van der Waals surface area contributed by atoms with Crippen LogP contribution in [-0.4, -0.2) is 4.92 Å². The molecule has 4 nitrogen and oxygen atoms in total. The second-order valence-corrected chi connectivity index (χ2v) is 4.83. The van der Waals surface area contributed by atoms with Crippen LogP contribution in [0.15, 0.2) is 36.4 Å². The Morgan fingerprint density at radius 3 is 2.35 bits per heavy atom. The molecule has 0 aromatic heterocycles. The number of halogens is 3. The molecule has 7 heteroatoms. The van der Waals surface area contributed by atoms with Crippen molar-refractivity contribution in [3.63, 3.8) is 0 Å². The third-order valence-corrected chi connectivity index (χ3v) is 3.35. The summed E-state index contributed by atoms with van der Waals surface area (Å²) in [7, 11) is 0. The molecule has 1 N–H and O–H groups in total. The zero-order valence-electron chi connectivity index (χ0n) is 10.1. The molecule has 20 heavy (non-hydrogen) atoms. The number of benzene rings is 2. The molecule has 0 saturated carbocycles. The van der Waals surface area contributed by atoms with Crippen molar-refractivity contribution in [2.75, 3.05) is 5.32 Å². The zero-order valence-corrected chi connectivity index (χ0v) is 11.6. The van der Waals surface area contributed by atoms with E-state index >= 15 is 0 Å². The summed E-state index contributed by atoms with van der Waals surface area (Å²) in [4.78, 5) is 10.4. The van der Waals surface area contributed by atoms with Crippen LogP contribution in [0.1, 0.15) is 5.56 Å². The van der Waals surface area contributed by atoms with Gasteiger partial charge in [0.1, 0.15) is 11.5 Å². The lowest BCUT2D eigenvalue weighted by Gasteiger charge is -2.08. The first-order valence-electron chi connectivity index (χ1n) is 5.59. The lowest BCUT2D eigenvalue weighted by molar-refractivity contribution is -0.383. The second kappa shape index (κ2) is 6.07. The minimum atomic E-state index is -0.546. The van der Waals surface area contributed by atoms with E-state index in [-0.39, 0.29) is 27.2 Å². The SMILES string of the molecule is O=[N+]([O-])c1cc(Cl)c(Cl)cc1NCc1ccc(F)cc1. The van der Waals surface area contributed by atoms with Crippen LogP contribution >= 0.6 is 23.2 Å². The number of nitrogens with one attached hydrogen (secondary N) is 1. The predicted octanol–water partition coefficient (Wildman–Crippen LogP) is 4.65. The van der Waals surface area contributed by atoms with Gasteiger partial charge in [0.25, 0.3) is 5.69 Å². The summed E-state index contributed by atoms with van der Waals surface area (Å²) in [5.41, 5.74) is 0.877. The predicted molar refractivity (Wildman–Crippen MR) is 76.8 cm³/mol. The van der Waals surface area contributed by atoms with Gasteiger partial charge in [0.2, 0.25) is 0 Å². The van der Waals surface area contributed by atoms with Crippen LogP contribution in [0.4, 0.5) is 15.8 Å². The Hall–Kier alpha value is -1.85. The maximum atomic E-state index is 12.8. The van der Waals surface area contributed by atoms with E-state index < -0.39 is 4.92 Å². The highest BCUT2D eigenvalue weighted by molar-refractivity contribution is 6.42. The monoisotopic (exact) mass is 314 g/mol. The standard InChI is InChI=1S/C13H9Cl2FN2O2/c14-10-5-12(13(18(19)20)6-11(10)15)17-7-8-1-3-9(16)4-2-8/h1-6,17H,7H2. The highest BCUT2D eigenvalue weighted by atomic mass is 35.5. The molecule has 2 aromatic rings. The van der Waals surface area contributed by atoms with Gasteiger partial charge in [-0.15, -0.1) is 0 Å².